The number of aromatic nitrogens is 2. The maximum absolute atomic E-state index is 9.60. The predicted octanol–water partition coefficient (Wildman–Crippen LogP) is 2.22. The Morgan fingerprint density at radius 2 is 2.23 bits per heavy atom. The van der Waals surface area contributed by atoms with E-state index in [9.17, 15) is 5.11 Å². The first-order valence-corrected chi connectivity index (χ1v) is 4.68. The van der Waals surface area contributed by atoms with Crippen LogP contribution in [-0.2, 0) is 0 Å². The van der Waals surface area contributed by atoms with E-state index < -0.39 is 0 Å². The van der Waals surface area contributed by atoms with Gasteiger partial charge in [-0.05, 0) is 36.2 Å². The summed E-state index contributed by atoms with van der Waals surface area (Å²) < 4.78 is 3.74. The summed E-state index contributed by atoms with van der Waals surface area (Å²) in [5, 5.41) is 15.3. The lowest BCUT2D eigenvalue weighted by Gasteiger charge is -2.00. The van der Waals surface area contributed by atoms with Crippen molar-refractivity contribution in [2.75, 3.05) is 0 Å². The van der Waals surface area contributed by atoms with Gasteiger partial charge in [0.1, 0.15) is 11.4 Å². The third-order valence-electron chi connectivity index (χ3n) is 1.79. The van der Waals surface area contributed by atoms with E-state index in [0.29, 0.717) is 0 Å². The molecule has 0 aliphatic rings. The SMILES string of the molecule is Cc1ccc(-c2csnn2)c(O)c1. The summed E-state index contributed by atoms with van der Waals surface area (Å²) in [6.45, 7) is 1.93. The van der Waals surface area contributed by atoms with Gasteiger partial charge in [-0.2, -0.15) is 0 Å². The summed E-state index contributed by atoms with van der Waals surface area (Å²) in [6.07, 6.45) is 0. The van der Waals surface area contributed by atoms with Crippen molar-refractivity contribution in [3.8, 4) is 17.0 Å². The van der Waals surface area contributed by atoms with Gasteiger partial charge in [0.05, 0.1) is 0 Å². The van der Waals surface area contributed by atoms with Gasteiger partial charge in [-0.25, -0.2) is 0 Å². The van der Waals surface area contributed by atoms with Crippen LogP contribution in [0.15, 0.2) is 23.6 Å². The van der Waals surface area contributed by atoms with Crippen LogP contribution in [0.25, 0.3) is 11.3 Å². The highest BCUT2D eigenvalue weighted by atomic mass is 32.1. The van der Waals surface area contributed by atoms with Gasteiger partial charge in [0.2, 0.25) is 0 Å². The Balaban J connectivity index is 2.53. The van der Waals surface area contributed by atoms with Crippen LogP contribution < -0.4 is 0 Å². The summed E-state index contributed by atoms with van der Waals surface area (Å²) in [6, 6.07) is 5.50. The van der Waals surface area contributed by atoms with Gasteiger partial charge in [-0.15, -0.1) is 5.10 Å². The fourth-order valence-electron chi connectivity index (χ4n) is 1.14. The van der Waals surface area contributed by atoms with Gasteiger partial charge in [-0.3, -0.25) is 0 Å². The van der Waals surface area contributed by atoms with Gasteiger partial charge in [0.25, 0.3) is 0 Å². The molecule has 1 heterocycles. The predicted molar refractivity (Wildman–Crippen MR) is 51.7 cm³/mol. The van der Waals surface area contributed by atoms with Gasteiger partial charge in [0, 0.05) is 10.9 Å². The van der Waals surface area contributed by atoms with Crippen LogP contribution >= 0.6 is 11.5 Å². The number of aryl methyl sites for hydroxylation is 1. The minimum absolute atomic E-state index is 0.257. The smallest absolute Gasteiger partial charge is 0.125 e. The van der Waals surface area contributed by atoms with Gasteiger partial charge in [-0.1, -0.05) is 10.6 Å². The molecular weight excluding hydrogens is 184 g/mol. The second-order valence-electron chi connectivity index (χ2n) is 2.81. The van der Waals surface area contributed by atoms with Crippen LogP contribution in [0.4, 0.5) is 0 Å². The first-order valence-electron chi connectivity index (χ1n) is 3.84. The Bertz CT molecular complexity index is 412. The highest BCUT2D eigenvalue weighted by molar-refractivity contribution is 7.03. The quantitative estimate of drug-likeness (QED) is 0.753. The molecule has 1 aromatic carbocycles. The maximum Gasteiger partial charge on any atom is 0.125 e. The Hall–Kier alpha value is -1.42. The van der Waals surface area contributed by atoms with Crippen molar-refractivity contribution in [2.45, 2.75) is 6.92 Å². The zero-order valence-electron chi connectivity index (χ0n) is 7.06. The molecule has 0 saturated carbocycles. The third-order valence-corrected chi connectivity index (χ3v) is 2.29. The molecule has 0 saturated heterocycles. The lowest BCUT2D eigenvalue weighted by Crippen LogP contribution is -1.80. The highest BCUT2D eigenvalue weighted by Gasteiger charge is 2.05. The highest BCUT2D eigenvalue weighted by Crippen LogP contribution is 2.28. The van der Waals surface area contributed by atoms with Crippen LogP contribution in [0.2, 0.25) is 0 Å². The van der Waals surface area contributed by atoms with Crippen molar-refractivity contribution in [2.24, 2.45) is 0 Å². The summed E-state index contributed by atoms with van der Waals surface area (Å²) in [4.78, 5) is 0. The maximum atomic E-state index is 9.60. The van der Waals surface area contributed by atoms with E-state index in [-0.39, 0.29) is 5.75 Å². The van der Waals surface area contributed by atoms with Crippen molar-refractivity contribution in [3.05, 3.63) is 29.1 Å². The molecule has 1 N–H and O–H groups in total. The van der Waals surface area contributed by atoms with Crippen molar-refractivity contribution < 1.29 is 5.11 Å². The van der Waals surface area contributed by atoms with Crippen LogP contribution in [0, 0.1) is 6.92 Å². The molecular formula is C9H8N2OS. The minimum Gasteiger partial charge on any atom is -0.507 e. The number of rotatable bonds is 1. The number of hydrogen-bond donors (Lipinski definition) is 1. The molecule has 0 bridgehead atoms. The zero-order valence-corrected chi connectivity index (χ0v) is 7.88. The first-order chi connectivity index (χ1) is 6.27. The number of phenols is 1. The second kappa shape index (κ2) is 3.14. The lowest BCUT2D eigenvalue weighted by molar-refractivity contribution is 0.476. The summed E-state index contributed by atoms with van der Waals surface area (Å²) in [5.74, 6) is 0.257. The average Bonchev–Trinajstić information content (AvgIpc) is 2.56. The molecule has 2 rings (SSSR count). The normalized spacial score (nSPS) is 10.2. The van der Waals surface area contributed by atoms with E-state index in [0.717, 1.165) is 16.8 Å². The Labute approximate surface area is 79.8 Å². The molecule has 66 valence electrons. The standard InChI is InChI=1S/C9H8N2OS/c1-6-2-3-7(9(12)4-6)8-5-13-11-10-8/h2-5,12H,1H3. The molecule has 0 aliphatic carbocycles. The Morgan fingerprint density at radius 3 is 2.85 bits per heavy atom. The van der Waals surface area contributed by atoms with Crippen LogP contribution in [0.5, 0.6) is 5.75 Å². The monoisotopic (exact) mass is 192 g/mol. The van der Waals surface area contributed by atoms with E-state index in [2.05, 4.69) is 9.59 Å². The molecule has 2 aromatic rings. The number of nitrogens with zero attached hydrogens (tertiary/aromatic N) is 2. The minimum atomic E-state index is 0.257. The first kappa shape index (κ1) is 8.19. The third kappa shape index (κ3) is 1.53. The Morgan fingerprint density at radius 1 is 1.38 bits per heavy atom. The summed E-state index contributed by atoms with van der Waals surface area (Å²) in [7, 11) is 0. The topological polar surface area (TPSA) is 46.0 Å². The van der Waals surface area contributed by atoms with Crippen molar-refractivity contribution in [1.82, 2.24) is 9.59 Å². The second-order valence-corrected chi connectivity index (χ2v) is 3.42. The number of aromatic hydroxyl groups is 1. The fourth-order valence-corrected chi connectivity index (χ4v) is 1.60. The van der Waals surface area contributed by atoms with Crippen LogP contribution in [0.1, 0.15) is 5.56 Å². The van der Waals surface area contributed by atoms with E-state index in [1.807, 2.05) is 24.4 Å². The van der Waals surface area contributed by atoms with E-state index in [4.69, 9.17) is 0 Å². The molecule has 0 radical (unpaired) electrons. The van der Waals surface area contributed by atoms with Crippen LogP contribution in [-0.4, -0.2) is 14.7 Å². The van der Waals surface area contributed by atoms with Crippen molar-refractivity contribution >= 4 is 11.5 Å². The molecule has 13 heavy (non-hydrogen) atoms. The molecule has 0 fully saturated rings. The van der Waals surface area contributed by atoms with E-state index in [1.54, 1.807) is 6.07 Å². The average molecular weight is 192 g/mol. The summed E-state index contributed by atoms with van der Waals surface area (Å²) in [5.41, 5.74) is 2.49. The number of benzene rings is 1. The molecule has 0 spiro atoms. The van der Waals surface area contributed by atoms with Crippen molar-refractivity contribution in [1.29, 1.82) is 0 Å². The van der Waals surface area contributed by atoms with E-state index >= 15 is 0 Å². The molecule has 0 aliphatic heterocycles. The molecule has 1 aromatic heterocycles. The summed E-state index contributed by atoms with van der Waals surface area (Å²) >= 11 is 1.28. The Kier molecular flexibility index (Phi) is 1.98. The van der Waals surface area contributed by atoms with Crippen molar-refractivity contribution in [3.63, 3.8) is 0 Å². The van der Waals surface area contributed by atoms with Gasteiger partial charge >= 0.3 is 0 Å². The van der Waals surface area contributed by atoms with Gasteiger partial charge < -0.3 is 5.11 Å². The largest absolute Gasteiger partial charge is 0.507 e. The number of phenolic OH excluding ortho intramolecular Hbond substituents is 1. The fraction of sp³-hybridized carbons (Fsp3) is 0.111. The molecule has 0 atom stereocenters. The molecule has 0 unspecified atom stereocenters. The van der Waals surface area contributed by atoms with Gasteiger partial charge in [0.15, 0.2) is 0 Å². The van der Waals surface area contributed by atoms with Crippen LogP contribution in [0.3, 0.4) is 0 Å². The molecule has 0 amide bonds. The zero-order chi connectivity index (χ0) is 9.26. The molecule has 4 heteroatoms. The lowest BCUT2D eigenvalue weighted by atomic mass is 10.1. The number of hydrogen-bond acceptors (Lipinski definition) is 4. The van der Waals surface area contributed by atoms with E-state index in [1.165, 1.54) is 11.5 Å². The molecule has 3 nitrogen and oxygen atoms in total.